The Morgan fingerprint density at radius 2 is 2.12 bits per heavy atom. The molecule has 1 aromatic rings. The maximum absolute atomic E-state index is 13.7. The van der Waals surface area contributed by atoms with Crippen LogP contribution in [0.4, 0.5) is 4.39 Å². The van der Waals surface area contributed by atoms with Crippen LogP contribution in [-0.2, 0) is 10.3 Å². The predicted molar refractivity (Wildman–Crippen MR) is 64.3 cm³/mol. The fourth-order valence-electron chi connectivity index (χ4n) is 1.72. The molecule has 0 amide bonds. The molecule has 0 aliphatic rings. The number of hydrogen-bond donors (Lipinski definition) is 2. The van der Waals surface area contributed by atoms with Gasteiger partial charge in [0, 0.05) is 11.6 Å². The lowest BCUT2D eigenvalue weighted by atomic mass is 9.90. The zero-order chi connectivity index (χ0) is 13.1. The first kappa shape index (κ1) is 13.6. The zero-order valence-electron chi connectivity index (χ0n) is 10.3. The van der Waals surface area contributed by atoms with Crippen molar-refractivity contribution < 1.29 is 14.3 Å². The Morgan fingerprint density at radius 3 is 2.59 bits per heavy atom. The summed E-state index contributed by atoms with van der Waals surface area (Å²) in [6.45, 7) is 5.31. The van der Waals surface area contributed by atoms with Gasteiger partial charge in [-0.15, -0.1) is 0 Å². The monoisotopic (exact) mass is 239 g/mol. The average Bonchev–Trinajstić information content (AvgIpc) is 2.28. The summed E-state index contributed by atoms with van der Waals surface area (Å²) in [6.07, 6.45) is 0.775. The molecule has 2 N–H and O–H groups in total. The number of carboxylic acid groups (broad SMARTS) is 1. The van der Waals surface area contributed by atoms with Crippen molar-refractivity contribution in [2.45, 2.75) is 38.8 Å². The Kier molecular flexibility index (Phi) is 4.23. The van der Waals surface area contributed by atoms with Crippen molar-refractivity contribution in [2.75, 3.05) is 0 Å². The standard InChI is InChI=1S/C13H18FNO2/c1-4-9(2)15-13(3,12(16)17)10-7-5-6-8-11(10)14/h5-9,15H,4H2,1-3H3,(H,16,17). The number of halogens is 1. The summed E-state index contributed by atoms with van der Waals surface area (Å²) in [6, 6.07) is 5.95. The molecule has 3 nitrogen and oxygen atoms in total. The van der Waals surface area contributed by atoms with Gasteiger partial charge in [0.15, 0.2) is 0 Å². The van der Waals surface area contributed by atoms with Crippen LogP contribution in [0.25, 0.3) is 0 Å². The third kappa shape index (κ3) is 2.82. The van der Waals surface area contributed by atoms with Crippen LogP contribution in [0.15, 0.2) is 24.3 Å². The molecule has 4 heteroatoms. The first-order valence-electron chi connectivity index (χ1n) is 5.68. The van der Waals surface area contributed by atoms with Gasteiger partial charge in [-0.05, 0) is 26.3 Å². The Bertz CT molecular complexity index is 408. The van der Waals surface area contributed by atoms with Crippen LogP contribution in [0.5, 0.6) is 0 Å². The van der Waals surface area contributed by atoms with E-state index in [1.165, 1.54) is 19.1 Å². The molecule has 0 spiro atoms. The molecule has 0 aliphatic carbocycles. The predicted octanol–water partition coefficient (Wildman–Crippen LogP) is 2.51. The van der Waals surface area contributed by atoms with Gasteiger partial charge in [0.1, 0.15) is 11.4 Å². The molecule has 0 aliphatic heterocycles. The third-order valence-corrected chi connectivity index (χ3v) is 2.99. The van der Waals surface area contributed by atoms with Crippen molar-refractivity contribution in [2.24, 2.45) is 0 Å². The van der Waals surface area contributed by atoms with Crippen LogP contribution in [0.2, 0.25) is 0 Å². The molecule has 17 heavy (non-hydrogen) atoms. The van der Waals surface area contributed by atoms with Crippen LogP contribution in [0.3, 0.4) is 0 Å². The number of carbonyl (C=O) groups is 1. The maximum Gasteiger partial charge on any atom is 0.328 e. The molecule has 0 saturated carbocycles. The second kappa shape index (κ2) is 5.27. The van der Waals surface area contributed by atoms with Crippen LogP contribution >= 0.6 is 0 Å². The molecule has 94 valence electrons. The highest BCUT2D eigenvalue weighted by Crippen LogP contribution is 2.24. The number of rotatable bonds is 5. The zero-order valence-corrected chi connectivity index (χ0v) is 10.3. The van der Waals surface area contributed by atoms with Crippen LogP contribution in [0.1, 0.15) is 32.8 Å². The third-order valence-electron chi connectivity index (χ3n) is 2.99. The van der Waals surface area contributed by atoms with Crippen molar-refractivity contribution >= 4 is 5.97 Å². The second-order valence-corrected chi connectivity index (χ2v) is 4.36. The molecule has 1 aromatic carbocycles. The number of benzene rings is 1. The summed E-state index contributed by atoms with van der Waals surface area (Å²) in [5.41, 5.74) is -1.24. The van der Waals surface area contributed by atoms with Crippen molar-refractivity contribution in [3.05, 3.63) is 35.6 Å². The SMILES string of the molecule is CCC(C)NC(C)(C(=O)O)c1ccccc1F. The molecular weight excluding hydrogens is 221 g/mol. The van der Waals surface area contributed by atoms with E-state index in [-0.39, 0.29) is 11.6 Å². The molecule has 0 radical (unpaired) electrons. The number of aliphatic carboxylic acids is 1. The van der Waals surface area contributed by atoms with Gasteiger partial charge >= 0.3 is 5.97 Å². The Morgan fingerprint density at radius 1 is 1.53 bits per heavy atom. The highest BCUT2D eigenvalue weighted by molar-refractivity contribution is 5.80. The summed E-state index contributed by atoms with van der Waals surface area (Å²) < 4.78 is 13.7. The van der Waals surface area contributed by atoms with Crippen molar-refractivity contribution in [1.29, 1.82) is 0 Å². The van der Waals surface area contributed by atoms with E-state index in [1.807, 2.05) is 13.8 Å². The van der Waals surface area contributed by atoms with Gasteiger partial charge in [-0.3, -0.25) is 5.32 Å². The summed E-state index contributed by atoms with van der Waals surface area (Å²) in [5, 5.41) is 12.3. The Labute approximate surface area is 101 Å². The molecule has 2 unspecified atom stereocenters. The minimum Gasteiger partial charge on any atom is -0.480 e. The van der Waals surface area contributed by atoms with Gasteiger partial charge in [0.25, 0.3) is 0 Å². The lowest BCUT2D eigenvalue weighted by Gasteiger charge is -2.30. The maximum atomic E-state index is 13.7. The fourth-order valence-corrected chi connectivity index (χ4v) is 1.72. The number of carboxylic acids is 1. The average molecular weight is 239 g/mol. The molecular formula is C13H18FNO2. The molecule has 2 atom stereocenters. The second-order valence-electron chi connectivity index (χ2n) is 4.36. The molecule has 0 saturated heterocycles. The lowest BCUT2D eigenvalue weighted by Crippen LogP contribution is -2.50. The van der Waals surface area contributed by atoms with Gasteiger partial charge in [0.2, 0.25) is 0 Å². The van der Waals surface area contributed by atoms with E-state index >= 15 is 0 Å². The minimum atomic E-state index is -1.40. The largest absolute Gasteiger partial charge is 0.480 e. The quantitative estimate of drug-likeness (QED) is 0.830. The highest BCUT2D eigenvalue weighted by atomic mass is 19.1. The molecule has 0 heterocycles. The van der Waals surface area contributed by atoms with Crippen LogP contribution in [-0.4, -0.2) is 17.1 Å². The van der Waals surface area contributed by atoms with E-state index in [1.54, 1.807) is 12.1 Å². The lowest BCUT2D eigenvalue weighted by molar-refractivity contribution is -0.145. The summed E-state index contributed by atoms with van der Waals surface area (Å²) >= 11 is 0. The van der Waals surface area contributed by atoms with Gasteiger partial charge in [-0.1, -0.05) is 25.1 Å². The first-order chi connectivity index (χ1) is 7.91. The van der Waals surface area contributed by atoms with E-state index < -0.39 is 17.3 Å². The van der Waals surface area contributed by atoms with Gasteiger partial charge in [-0.2, -0.15) is 0 Å². The molecule has 0 bridgehead atoms. The molecule has 0 aromatic heterocycles. The number of hydrogen-bond acceptors (Lipinski definition) is 2. The smallest absolute Gasteiger partial charge is 0.328 e. The van der Waals surface area contributed by atoms with E-state index in [0.29, 0.717) is 0 Å². The van der Waals surface area contributed by atoms with E-state index in [2.05, 4.69) is 5.32 Å². The van der Waals surface area contributed by atoms with E-state index in [4.69, 9.17) is 0 Å². The van der Waals surface area contributed by atoms with Gasteiger partial charge in [0.05, 0.1) is 0 Å². The van der Waals surface area contributed by atoms with E-state index in [9.17, 15) is 14.3 Å². The summed E-state index contributed by atoms with van der Waals surface area (Å²) in [7, 11) is 0. The van der Waals surface area contributed by atoms with E-state index in [0.717, 1.165) is 6.42 Å². The van der Waals surface area contributed by atoms with Crippen LogP contribution < -0.4 is 5.32 Å². The number of nitrogens with one attached hydrogen (secondary N) is 1. The minimum absolute atomic E-state index is 0.00398. The fraction of sp³-hybridized carbons (Fsp3) is 0.462. The van der Waals surface area contributed by atoms with Crippen LogP contribution in [0, 0.1) is 5.82 Å². The summed E-state index contributed by atoms with van der Waals surface area (Å²) in [5.74, 6) is -1.59. The van der Waals surface area contributed by atoms with Crippen molar-refractivity contribution in [3.63, 3.8) is 0 Å². The Hall–Kier alpha value is -1.42. The highest BCUT2D eigenvalue weighted by Gasteiger charge is 2.37. The topological polar surface area (TPSA) is 49.3 Å². The normalized spacial score (nSPS) is 16.2. The van der Waals surface area contributed by atoms with Gasteiger partial charge in [-0.25, -0.2) is 9.18 Å². The summed E-state index contributed by atoms with van der Waals surface area (Å²) in [4.78, 5) is 11.4. The van der Waals surface area contributed by atoms with Gasteiger partial charge < -0.3 is 5.11 Å². The van der Waals surface area contributed by atoms with Crippen molar-refractivity contribution in [3.8, 4) is 0 Å². The van der Waals surface area contributed by atoms with Crippen molar-refractivity contribution in [1.82, 2.24) is 5.32 Å². The molecule has 0 fully saturated rings. The molecule has 1 rings (SSSR count). The first-order valence-corrected chi connectivity index (χ1v) is 5.68. The Balaban J connectivity index is 3.17.